The largest absolute Gasteiger partial charge is 0.444 e. The molecule has 1 aromatic carbocycles. The summed E-state index contributed by atoms with van der Waals surface area (Å²) < 4.78 is 6.59. The molecule has 1 aliphatic carbocycles. The van der Waals surface area contributed by atoms with E-state index in [1.54, 1.807) is 0 Å². The lowest BCUT2D eigenvalue weighted by molar-refractivity contribution is 0.0264. The van der Waals surface area contributed by atoms with Crippen LogP contribution in [0, 0.1) is 0 Å². The fraction of sp³-hybridized carbons (Fsp3) is 0.471. The van der Waals surface area contributed by atoms with Gasteiger partial charge in [-0.2, -0.15) is 0 Å². The third-order valence-corrected chi connectivity index (χ3v) is 4.39. The minimum Gasteiger partial charge on any atom is -0.444 e. The van der Waals surface area contributed by atoms with E-state index >= 15 is 0 Å². The zero-order valence-electron chi connectivity index (χ0n) is 12.7. The Morgan fingerprint density at radius 2 is 2.10 bits per heavy atom. The van der Waals surface area contributed by atoms with Crippen molar-refractivity contribution in [3.63, 3.8) is 0 Å². The van der Waals surface area contributed by atoms with Crippen LogP contribution in [0.2, 0.25) is 0 Å². The average molecular weight is 350 g/mol. The van der Waals surface area contributed by atoms with E-state index < -0.39 is 5.60 Å². The molecule has 0 spiro atoms. The number of benzene rings is 1. The van der Waals surface area contributed by atoms with Crippen LogP contribution in [0.15, 0.2) is 28.2 Å². The molecule has 1 aromatic rings. The summed E-state index contributed by atoms with van der Waals surface area (Å²) in [5, 5.41) is 0. The predicted molar refractivity (Wildman–Crippen MR) is 87.2 cm³/mol. The van der Waals surface area contributed by atoms with E-state index in [1.807, 2.05) is 25.7 Å². The number of carbonyl (C=O) groups is 1. The Labute approximate surface area is 134 Å². The van der Waals surface area contributed by atoms with Crippen LogP contribution < -0.4 is 0 Å². The molecule has 1 heterocycles. The molecular weight excluding hydrogens is 330 g/mol. The van der Waals surface area contributed by atoms with Gasteiger partial charge < -0.3 is 9.64 Å². The van der Waals surface area contributed by atoms with Crippen molar-refractivity contribution in [2.75, 3.05) is 13.1 Å². The highest BCUT2D eigenvalue weighted by molar-refractivity contribution is 9.10. The van der Waals surface area contributed by atoms with E-state index in [-0.39, 0.29) is 6.09 Å². The number of hydrogen-bond acceptors (Lipinski definition) is 2. The highest BCUT2D eigenvalue weighted by atomic mass is 79.9. The van der Waals surface area contributed by atoms with Gasteiger partial charge in [-0.15, -0.1) is 0 Å². The van der Waals surface area contributed by atoms with E-state index in [4.69, 9.17) is 4.74 Å². The van der Waals surface area contributed by atoms with Gasteiger partial charge in [0.05, 0.1) is 0 Å². The Balaban J connectivity index is 1.77. The Bertz CT molecular complexity index is 628. The Morgan fingerprint density at radius 3 is 2.81 bits per heavy atom. The summed E-state index contributed by atoms with van der Waals surface area (Å²) in [6, 6.07) is 6.46. The second kappa shape index (κ2) is 5.16. The first kappa shape index (κ1) is 14.6. The summed E-state index contributed by atoms with van der Waals surface area (Å²) in [6.45, 7) is 7.14. The average Bonchev–Trinajstić information content (AvgIpc) is 2.73. The summed E-state index contributed by atoms with van der Waals surface area (Å²) in [4.78, 5) is 14.0. The molecule has 0 N–H and O–H groups in total. The Hall–Kier alpha value is -1.29. The van der Waals surface area contributed by atoms with Crippen LogP contribution >= 0.6 is 15.9 Å². The lowest BCUT2D eigenvalue weighted by Crippen LogP contribution is -2.40. The molecule has 0 saturated heterocycles. The van der Waals surface area contributed by atoms with Crippen molar-refractivity contribution in [3.8, 4) is 0 Å². The highest BCUT2D eigenvalue weighted by Gasteiger charge is 2.31. The zero-order valence-corrected chi connectivity index (χ0v) is 14.3. The molecule has 112 valence electrons. The van der Waals surface area contributed by atoms with E-state index in [2.05, 4.69) is 34.1 Å². The highest BCUT2D eigenvalue weighted by Crippen LogP contribution is 2.39. The van der Waals surface area contributed by atoms with Crippen LogP contribution in [0.5, 0.6) is 0 Å². The number of rotatable bonds is 0. The first-order valence-corrected chi connectivity index (χ1v) is 8.10. The number of halogens is 1. The van der Waals surface area contributed by atoms with Crippen molar-refractivity contribution in [3.05, 3.63) is 39.4 Å². The molecule has 0 atom stereocenters. The summed E-state index contributed by atoms with van der Waals surface area (Å²) in [5.74, 6) is 0. The minimum atomic E-state index is -0.435. The van der Waals surface area contributed by atoms with Crippen molar-refractivity contribution in [1.82, 2.24) is 4.90 Å². The molecule has 4 heteroatoms. The molecule has 0 radical (unpaired) electrons. The van der Waals surface area contributed by atoms with Crippen LogP contribution in [0.3, 0.4) is 0 Å². The molecule has 3 rings (SSSR count). The van der Waals surface area contributed by atoms with E-state index in [0.717, 1.165) is 23.9 Å². The number of fused-ring (bicyclic) bond motifs is 2. The van der Waals surface area contributed by atoms with Gasteiger partial charge in [-0.25, -0.2) is 4.79 Å². The lowest BCUT2D eigenvalue weighted by Gasteiger charge is -2.31. The minimum absolute atomic E-state index is 0.203. The van der Waals surface area contributed by atoms with Gasteiger partial charge in [0.2, 0.25) is 0 Å². The standard InChI is InChI=1S/C17H20BrNO2/c1-17(2,3)21-16(20)19-7-6-14-12(10-19)8-11-4-5-13(18)9-15(11)14/h4-5,9H,6-8,10H2,1-3H3. The summed E-state index contributed by atoms with van der Waals surface area (Å²) >= 11 is 3.54. The van der Waals surface area contributed by atoms with Gasteiger partial charge in [0.25, 0.3) is 0 Å². The number of nitrogens with zero attached hydrogens (tertiary/aromatic N) is 1. The maximum absolute atomic E-state index is 12.2. The van der Waals surface area contributed by atoms with Gasteiger partial charge in [-0.1, -0.05) is 22.0 Å². The number of hydrogen-bond donors (Lipinski definition) is 0. The second-order valence-electron chi connectivity index (χ2n) is 6.71. The molecule has 1 aliphatic heterocycles. The summed E-state index contributed by atoms with van der Waals surface area (Å²) in [7, 11) is 0. The van der Waals surface area contributed by atoms with Gasteiger partial charge >= 0.3 is 6.09 Å². The molecule has 1 amide bonds. The molecule has 0 bridgehead atoms. The van der Waals surface area contributed by atoms with Crippen molar-refractivity contribution < 1.29 is 9.53 Å². The molecular formula is C17H20BrNO2. The van der Waals surface area contributed by atoms with Crippen molar-refractivity contribution in [1.29, 1.82) is 0 Å². The molecule has 0 aromatic heterocycles. The number of amides is 1. The third-order valence-electron chi connectivity index (χ3n) is 3.89. The smallest absolute Gasteiger partial charge is 0.410 e. The molecule has 21 heavy (non-hydrogen) atoms. The quantitative estimate of drug-likeness (QED) is 0.694. The maximum atomic E-state index is 12.2. The first-order chi connectivity index (χ1) is 9.83. The summed E-state index contributed by atoms with van der Waals surface area (Å²) in [5.41, 5.74) is 5.07. The third kappa shape index (κ3) is 3.00. The molecule has 0 fully saturated rings. The van der Waals surface area contributed by atoms with Gasteiger partial charge in [-0.3, -0.25) is 0 Å². The maximum Gasteiger partial charge on any atom is 0.410 e. The monoisotopic (exact) mass is 349 g/mol. The van der Waals surface area contributed by atoms with Crippen LogP contribution in [-0.2, 0) is 11.2 Å². The van der Waals surface area contributed by atoms with Crippen LogP contribution in [0.1, 0.15) is 38.3 Å². The van der Waals surface area contributed by atoms with Crippen LogP contribution in [-0.4, -0.2) is 29.7 Å². The van der Waals surface area contributed by atoms with Crippen molar-refractivity contribution >= 4 is 27.6 Å². The van der Waals surface area contributed by atoms with Crippen molar-refractivity contribution in [2.24, 2.45) is 0 Å². The van der Waals surface area contributed by atoms with Gasteiger partial charge in [0.1, 0.15) is 5.60 Å². The number of carbonyl (C=O) groups excluding carboxylic acids is 1. The molecule has 3 nitrogen and oxygen atoms in total. The molecule has 0 saturated carbocycles. The summed E-state index contributed by atoms with van der Waals surface area (Å²) in [6.07, 6.45) is 1.67. The second-order valence-corrected chi connectivity index (χ2v) is 7.63. The molecule has 0 unspecified atom stereocenters. The SMILES string of the molecule is CC(C)(C)OC(=O)N1CCC2=C(Cc3ccc(Br)cc32)C1. The Morgan fingerprint density at radius 1 is 1.33 bits per heavy atom. The van der Waals surface area contributed by atoms with E-state index in [0.29, 0.717) is 6.54 Å². The van der Waals surface area contributed by atoms with E-state index in [1.165, 1.54) is 22.3 Å². The van der Waals surface area contributed by atoms with Crippen molar-refractivity contribution in [2.45, 2.75) is 39.2 Å². The van der Waals surface area contributed by atoms with Gasteiger partial charge in [-0.05, 0) is 68.0 Å². The predicted octanol–water partition coefficient (Wildman–Crippen LogP) is 4.40. The lowest BCUT2D eigenvalue weighted by atomic mass is 9.99. The van der Waals surface area contributed by atoms with Gasteiger partial charge in [0, 0.05) is 17.6 Å². The topological polar surface area (TPSA) is 29.5 Å². The first-order valence-electron chi connectivity index (χ1n) is 7.31. The van der Waals surface area contributed by atoms with Crippen LogP contribution in [0.25, 0.3) is 5.57 Å². The van der Waals surface area contributed by atoms with Gasteiger partial charge in [0.15, 0.2) is 0 Å². The fourth-order valence-corrected chi connectivity index (χ4v) is 3.37. The normalized spacial score (nSPS) is 17.6. The Kier molecular flexibility index (Phi) is 3.60. The zero-order chi connectivity index (χ0) is 15.2. The number of ether oxygens (including phenoxy) is 1. The fourth-order valence-electron chi connectivity index (χ4n) is 3.01. The van der Waals surface area contributed by atoms with Crippen LogP contribution in [0.4, 0.5) is 4.79 Å². The molecule has 2 aliphatic rings. The van der Waals surface area contributed by atoms with E-state index in [9.17, 15) is 4.79 Å².